The van der Waals surface area contributed by atoms with Gasteiger partial charge in [0.1, 0.15) is 4.88 Å². The van der Waals surface area contributed by atoms with Crippen LogP contribution >= 0.6 is 22.7 Å². The van der Waals surface area contributed by atoms with Gasteiger partial charge in [-0.15, -0.1) is 11.3 Å². The van der Waals surface area contributed by atoms with E-state index in [-0.39, 0.29) is 5.91 Å². The molecule has 0 fully saturated rings. The number of amides is 1. The summed E-state index contributed by atoms with van der Waals surface area (Å²) in [6.07, 6.45) is 0. The standard InChI is InChI=1S/C15H18N2O3S2/c1-5-20-14(19)12-9(4)16-15(22-12)17-13(18)10-6-11(8(2)3)21-7-10/h6-8H,5H2,1-4H3,(H,16,17,18). The van der Waals surface area contributed by atoms with Crippen molar-refractivity contribution in [1.29, 1.82) is 0 Å². The van der Waals surface area contributed by atoms with Gasteiger partial charge in [0.2, 0.25) is 0 Å². The fourth-order valence-electron chi connectivity index (χ4n) is 1.78. The number of hydrogen-bond acceptors (Lipinski definition) is 6. The van der Waals surface area contributed by atoms with Crippen molar-refractivity contribution in [3.8, 4) is 0 Å². The Hall–Kier alpha value is -1.73. The van der Waals surface area contributed by atoms with Crippen LogP contribution in [0, 0.1) is 6.92 Å². The Labute approximate surface area is 137 Å². The second kappa shape index (κ2) is 7.02. The molecule has 2 aromatic rings. The first-order valence-corrected chi connectivity index (χ1v) is 8.66. The highest BCUT2D eigenvalue weighted by Crippen LogP contribution is 2.26. The summed E-state index contributed by atoms with van der Waals surface area (Å²) in [4.78, 5) is 29.8. The van der Waals surface area contributed by atoms with Gasteiger partial charge in [-0.2, -0.15) is 0 Å². The first-order chi connectivity index (χ1) is 10.4. The van der Waals surface area contributed by atoms with Crippen LogP contribution < -0.4 is 5.32 Å². The molecule has 0 saturated carbocycles. The minimum absolute atomic E-state index is 0.215. The highest BCUT2D eigenvalue weighted by molar-refractivity contribution is 7.17. The van der Waals surface area contributed by atoms with Crippen molar-refractivity contribution in [2.45, 2.75) is 33.6 Å². The van der Waals surface area contributed by atoms with Crippen LogP contribution in [-0.4, -0.2) is 23.5 Å². The number of aryl methyl sites for hydroxylation is 1. The van der Waals surface area contributed by atoms with Gasteiger partial charge in [-0.3, -0.25) is 10.1 Å². The maximum Gasteiger partial charge on any atom is 0.350 e. The first kappa shape index (κ1) is 16.6. The Bertz CT molecular complexity index is 689. The molecular formula is C15H18N2O3S2. The molecule has 0 aliphatic carbocycles. The molecule has 2 rings (SSSR count). The van der Waals surface area contributed by atoms with Gasteiger partial charge in [0.05, 0.1) is 17.9 Å². The van der Waals surface area contributed by atoms with Crippen LogP contribution in [0.25, 0.3) is 0 Å². The topological polar surface area (TPSA) is 68.3 Å². The predicted molar refractivity (Wildman–Crippen MR) is 89.2 cm³/mol. The van der Waals surface area contributed by atoms with Gasteiger partial charge in [-0.1, -0.05) is 25.2 Å². The fraction of sp³-hybridized carbons (Fsp3) is 0.400. The number of nitrogens with one attached hydrogen (secondary N) is 1. The summed E-state index contributed by atoms with van der Waals surface area (Å²) in [5, 5.41) is 4.97. The normalized spacial score (nSPS) is 10.8. The van der Waals surface area contributed by atoms with Crippen LogP contribution in [0.3, 0.4) is 0 Å². The van der Waals surface area contributed by atoms with Gasteiger partial charge in [0.15, 0.2) is 5.13 Å². The van der Waals surface area contributed by atoms with Crippen LogP contribution in [-0.2, 0) is 4.74 Å². The van der Waals surface area contributed by atoms with E-state index in [9.17, 15) is 9.59 Å². The monoisotopic (exact) mass is 338 g/mol. The molecule has 0 unspecified atom stereocenters. The molecular weight excluding hydrogens is 320 g/mol. The highest BCUT2D eigenvalue weighted by atomic mass is 32.1. The van der Waals surface area contributed by atoms with E-state index in [1.165, 1.54) is 0 Å². The zero-order valence-corrected chi connectivity index (χ0v) is 14.6. The van der Waals surface area contributed by atoms with E-state index in [4.69, 9.17) is 4.74 Å². The van der Waals surface area contributed by atoms with E-state index in [0.717, 1.165) is 16.2 Å². The van der Waals surface area contributed by atoms with Gasteiger partial charge < -0.3 is 4.74 Å². The molecule has 0 bridgehead atoms. The number of hydrogen-bond donors (Lipinski definition) is 1. The molecule has 5 nitrogen and oxygen atoms in total. The number of thiophene rings is 1. The summed E-state index contributed by atoms with van der Waals surface area (Å²) in [5.41, 5.74) is 1.17. The molecule has 0 aromatic carbocycles. The lowest BCUT2D eigenvalue weighted by Crippen LogP contribution is -2.10. The lowest BCUT2D eigenvalue weighted by atomic mass is 10.1. The van der Waals surface area contributed by atoms with Crippen molar-refractivity contribution in [2.24, 2.45) is 0 Å². The van der Waals surface area contributed by atoms with Gasteiger partial charge >= 0.3 is 5.97 Å². The minimum atomic E-state index is -0.407. The maximum atomic E-state index is 12.2. The van der Waals surface area contributed by atoms with Gasteiger partial charge in [-0.25, -0.2) is 9.78 Å². The minimum Gasteiger partial charge on any atom is -0.462 e. The van der Waals surface area contributed by atoms with Gasteiger partial charge in [0, 0.05) is 10.3 Å². The molecule has 1 amide bonds. The van der Waals surface area contributed by atoms with Crippen molar-refractivity contribution in [3.05, 3.63) is 32.5 Å². The number of rotatable bonds is 5. The van der Waals surface area contributed by atoms with Crippen molar-refractivity contribution < 1.29 is 14.3 Å². The molecule has 22 heavy (non-hydrogen) atoms. The number of nitrogens with zero attached hydrogens (tertiary/aromatic N) is 1. The SMILES string of the molecule is CCOC(=O)c1sc(NC(=O)c2csc(C(C)C)c2)nc1C. The zero-order valence-electron chi connectivity index (χ0n) is 12.9. The fourth-order valence-corrected chi connectivity index (χ4v) is 3.54. The number of aromatic nitrogens is 1. The molecule has 0 saturated heterocycles. The zero-order chi connectivity index (χ0) is 16.3. The number of esters is 1. The van der Waals surface area contributed by atoms with Crippen LogP contribution in [0.4, 0.5) is 5.13 Å². The maximum absolute atomic E-state index is 12.2. The van der Waals surface area contributed by atoms with E-state index in [2.05, 4.69) is 24.1 Å². The molecule has 0 spiro atoms. The average Bonchev–Trinajstić information content (AvgIpc) is 3.06. The summed E-state index contributed by atoms with van der Waals surface area (Å²) < 4.78 is 4.96. The smallest absolute Gasteiger partial charge is 0.350 e. The number of carbonyl (C=O) groups excluding carboxylic acids is 2. The number of anilines is 1. The Balaban J connectivity index is 2.11. The summed E-state index contributed by atoms with van der Waals surface area (Å²) >= 11 is 2.69. The average molecular weight is 338 g/mol. The second-order valence-corrected chi connectivity index (χ2v) is 6.94. The predicted octanol–water partition coefficient (Wildman–Crippen LogP) is 4.07. The first-order valence-electron chi connectivity index (χ1n) is 6.96. The molecule has 1 N–H and O–H groups in total. The Morgan fingerprint density at radius 1 is 1.41 bits per heavy atom. The Kier molecular flexibility index (Phi) is 5.31. The lowest BCUT2D eigenvalue weighted by molar-refractivity contribution is 0.0531. The summed E-state index contributed by atoms with van der Waals surface area (Å²) in [7, 11) is 0. The van der Waals surface area contributed by atoms with E-state index in [1.807, 2.05) is 11.4 Å². The quantitative estimate of drug-likeness (QED) is 0.835. The third-order valence-electron chi connectivity index (χ3n) is 2.93. The van der Waals surface area contributed by atoms with E-state index < -0.39 is 5.97 Å². The van der Waals surface area contributed by atoms with Gasteiger partial charge in [0.25, 0.3) is 5.91 Å². The van der Waals surface area contributed by atoms with Crippen molar-refractivity contribution >= 4 is 39.7 Å². The molecule has 2 heterocycles. The molecule has 0 aliphatic rings. The number of ether oxygens (including phenoxy) is 1. The van der Waals surface area contributed by atoms with Gasteiger partial charge in [-0.05, 0) is 25.8 Å². The Morgan fingerprint density at radius 3 is 2.73 bits per heavy atom. The molecule has 0 atom stereocenters. The highest BCUT2D eigenvalue weighted by Gasteiger charge is 2.18. The van der Waals surface area contributed by atoms with Crippen LogP contribution in [0.15, 0.2) is 11.4 Å². The van der Waals surface area contributed by atoms with Crippen LogP contribution in [0.5, 0.6) is 0 Å². The largest absolute Gasteiger partial charge is 0.462 e. The molecule has 0 radical (unpaired) electrons. The van der Waals surface area contributed by atoms with Crippen LogP contribution in [0.1, 0.15) is 57.3 Å². The molecule has 2 aromatic heterocycles. The number of carbonyl (C=O) groups is 2. The third kappa shape index (κ3) is 3.72. The molecule has 118 valence electrons. The summed E-state index contributed by atoms with van der Waals surface area (Å²) in [5.74, 6) is -0.230. The summed E-state index contributed by atoms with van der Waals surface area (Å²) in [6, 6.07) is 1.89. The molecule has 0 aliphatic heterocycles. The van der Waals surface area contributed by atoms with Crippen molar-refractivity contribution in [2.75, 3.05) is 11.9 Å². The lowest BCUT2D eigenvalue weighted by Gasteiger charge is -1.99. The third-order valence-corrected chi connectivity index (χ3v) is 5.21. The second-order valence-electron chi connectivity index (χ2n) is 5.00. The van der Waals surface area contributed by atoms with E-state index >= 15 is 0 Å². The summed E-state index contributed by atoms with van der Waals surface area (Å²) in [6.45, 7) is 7.96. The number of thiazole rings is 1. The Morgan fingerprint density at radius 2 is 2.14 bits per heavy atom. The van der Waals surface area contributed by atoms with Crippen molar-refractivity contribution in [1.82, 2.24) is 4.98 Å². The molecule has 7 heteroatoms. The van der Waals surface area contributed by atoms with E-state index in [0.29, 0.717) is 33.8 Å². The van der Waals surface area contributed by atoms with Crippen LogP contribution in [0.2, 0.25) is 0 Å². The van der Waals surface area contributed by atoms with Crippen molar-refractivity contribution in [3.63, 3.8) is 0 Å². The van der Waals surface area contributed by atoms with E-state index in [1.54, 1.807) is 25.2 Å².